The third-order valence-corrected chi connectivity index (χ3v) is 3.05. The molecule has 96 valence electrons. The summed E-state index contributed by atoms with van der Waals surface area (Å²) in [5.74, 6) is -2.83. The highest BCUT2D eigenvalue weighted by molar-refractivity contribution is 5.40. The van der Waals surface area contributed by atoms with Crippen molar-refractivity contribution in [2.75, 3.05) is 13.7 Å². The molecule has 2 nitrogen and oxygen atoms in total. The third kappa shape index (κ3) is 2.41. The van der Waals surface area contributed by atoms with E-state index in [2.05, 4.69) is 0 Å². The monoisotopic (exact) mass is 243 g/mol. The fourth-order valence-electron chi connectivity index (χ4n) is 1.56. The van der Waals surface area contributed by atoms with Crippen LogP contribution in [0.25, 0.3) is 0 Å². The minimum Gasteiger partial charge on any atom is -0.496 e. The minimum absolute atomic E-state index is 0.100. The second kappa shape index (κ2) is 4.61. The Morgan fingerprint density at radius 3 is 2.35 bits per heavy atom. The highest BCUT2D eigenvalue weighted by Gasteiger charge is 2.48. The van der Waals surface area contributed by atoms with Crippen molar-refractivity contribution in [1.82, 2.24) is 0 Å². The Kier molecular flexibility index (Phi) is 3.77. The van der Waals surface area contributed by atoms with Gasteiger partial charge in [0.15, 0.2) is 0 Å². The van der Waals surface area contributed by atoms with E-state index in [-0.39, 0.29) is 17.9 Å². The number of alkyl halides is 2. The maximum atomic E-state index is 14.4. The number of hydrogen-bond donors (Lipinski definition) is 1. The Morgan fingerprint density at radius 1 is 1.29 bits per heavy atom. The van der Waals surface area contributed by atoms with Crippen LogP contribution in [-0.4, -0.2) is 13.7 Å². The first-order chi connectivity index (χ1) is 7.76. The summed E-state index contributed by atoms with van der Waals surface area (Å²) < 4.78 is 33.8. The minimum atomic E-state index is -3.03. The summed E-state index contributed by atoms with van der Waals surface area (Å²) in [5, 5.41) is 0. The Bertz CT molecular complexity index is 402. The average Bonchev–Trinajstić information content (AvgIpc) is 2.28. The van der Waals surface area contributed by atoms with E-state index >= 15 is 0 Å². The van der Waals surface area contributed by atoms with Gasteiger partial charge in [0, 0.05) is 12.0 Å². The molecule has 0 bridgehead atoms. The molecule has 0 aliphatic carbocycles. The van der Waals surface area contributed by atoms with Crippen LogP contribution in [0.15, 0.2) is 18.2 Å². The van der Waals surface area contributed by atoms with E-state index in [1.807, 2.05) is 0 Å². The fourth-order valence-corrected chi connectivity index (χ4v) is 1.56. The Labute approximate surface area is 101 Å². The quantitative estimate of drug-likeness (QED) is 0.882. The van der Waals surface area contributed by atoms with E-state index in [9.17, 15) is 8.78 Å². The normalized spacial score (nSPS) is 12.6. The second-order valence-corrected chi connectivity index (χ2v) is 4.87. The maximum Gasteiger partial charge on any atom is 0.282 e. The summed E-state index contributed by atoms with van der Waals surface area (Å²) >= 11 is 0. The van der Waals surface area contributed by atoms with Crippen molar-refractivity contribution < 1.29 is 13.5 Å². The van der Waals surface area contributed by atoms with E-state index in [1.165, 1.54) is 27.0 Å². The molecule has 0 fully saturated rings. The number of aryl methyl sites for hydroxylation is 1. The molecule has 0 aromatic heterocycles. The summed E-state index contributed by atoms with van der Waals surface area (Å²) in [4.78, 5) is 0. The summed E-state index contributed by atoms with van der Waals surface area (Å²) in [7, 11) is 1.39. The van der Waals surface area contributed by atoms with Gasteiger partial charge in [0.1, 0.15) is 5.75 Å². The van der Waals surface area contributed by atoms with E-state index in [0.29, 0.717) is 0 Å². The first-order valence-electron chi connectivity index (χ1n) is 5.49. The van der Waals surface area contributed by atoms with Crippen LogP contribution in [0.4, 0.5) is 8.78 Å². The van der Waals surface area contributed by atoms with Crippen LogP contribution in [0.2, 0.25) is 0 Å². The van der Waals surface area contributed by atoms with E-state index in [0.717, 1.165) is 5.56 Å². The Morgan fingerprint density at radius 2 is 1.88 bits per heavy atom. The SMILES string of the molecule is COc1ccc(C)cc1C(F)(F)C(C)(C)CN. The lowest BCUT2D eigenvalue weighted by Gasteiger charge is -2.34. The molecule has 0 spiro atoms. The number of ether oxygens (including phenoxy) is 1. The second-order valence-electron chi connectivity index (χ2n) is 4.87. The molecule has 0 aliphatic heterocycles. The Hall–Kier alpha value is -1.16. The molecule has 0 heterocycles. The summed E-state index contributed by atoms with van der Waals surface area (Å²) in [5.41, 5.74) is 4.80. The van der Waals surface area contributed by atoms with Crippen LogP contribution >= 0.6 is 0 Å². The first kappa shape index (κ1) is 13.9. The van der Waals surface area contributed by atoms with Gasteiger partial charge in [-0.05, 0) is 19.1 Å². The fraction of sp³-hybridized carbons (Fsp3) is 0.538. The molecule has 1 aromatic rings. The highest BCUT2D eigenvalue weighted by Crippen LogP contribution is 2.47. The molecule has 1 rings (SSSR count). The van der Waals surface area contributed by atoms with Crippen molar-refractivity contribution >= 4 is 0 Å². The van der Waals surface area contributed by atoms with Crippen molar-refractivity contribution in [2.45, 2.75) is 26.7 Å². The largest absolute Gasteiger partial charge is 0.496 e. The first-order valence-corrected chi connectivity index (χ1v) is 5.49. The van der Waals surface area contributed by atoms with Gasteiger partial charge >= 0.3 is 0 Å². The average molecular weight is 243 g/mol. The van der Waals surface area contributed by atoms with Crippen LogP contribution in [-0.2, 0) is 5.92 Å². The van der Waals surface area contributed by atoms with Crippen LogP contribution in [0.1, 0.15) is 25.0 Å². The van der Waals surface area contributed by atoms with Gasteiger partial charge in [-0.15, -0.1) is 0 Å². The van der Waals surface area contributed by atoms with Crippen molar-refractivity contribution in [3.8, 4) is 5.75 Å². The summed E-state index contributed by atoms with van der Waals surface area (Å²) in [6, 6.07) is 4.76. The molecular formula is C13H19F2NO. The molecule has 0 amide bonds. The number of rotatable bonds is 4. The van der Waals surface area contributed by atoms with Gasteiger partial charge in [-0.1, -0.05) is 25.5 Å². The smallest absolute Gasteiger partial charge is 0.282 e. The number of nitrogens with two attached hydrogens (primary N) is 1. The molecule has 2 N–H and O–H groups in total. The molecule has 4 heteroatoms. The zero-order chi connectivity index (χ0) is 13.3. The van der Waals surface area contributed by atoms with Gasteiger partial charge in [-0.3, -0.25) is 0 Å². The third-order valence-electron chi connectivity index (χ3n) is 3.05. The molecule has 17 heavy (non-hydrogen) atoms. The van der Waals surface area contributed by atoms with Gasteiger partial charge in [0.05, 0.1) is 12.7 Å². The lowest BCUT2D eigenvalue weighted by molar-refractivity contribution is -0.110. The van der Waals surface area contributed by atoms with Gasteiger partial charge in [0.2, 0.25) is 0 Å². The van der Waals surface area contributed by atoms with Gasteiger partial charge in [-0.25, -0.2) is 8.78 Å². The van der Waals surface area contributed by atoms with Gasteiger partial charge in [-0.2, -0.15) is 0 Å². The van der Waals surface area contributed by atoms with Gasteiger partial charge in [0.25, 0.3) is 5.92 Å². The molecule has 0 atom stereocenters. The van der Waals surface area contributed by atoms with Crippen molar-refractivity contribution in [1.29, 1.82) is 0 Å². The van der Waals surface area contributed by atoms with Crippen molar-refractivity contribution in [3.63, 3.8) is 0 Å². The van der Waals surface area contributed by atoms with Crippen LogP contribution in [0.5, 0.6) is 5.75 Å². The van der Waals surface area contributed by atoms with Crippen LogP contribution in [0, 0.1) is 12.3 Å². The molecule has 0 saturated heterocycles. The summed E-state index contributed by atoms with van der Waals surface area (Å²) in [6.45, 7) is 4.58. The Balaban J connectivity index is 3.36. The zero-order valence-corrected chi connectivity index (χ0v) is 10.7. The van der Waals surface area contributed by atoms with Gasteiger partial charge < -0.3 is 10.5 Å². The molecule has 0 aliphatic rings. The predicted molar refractivity (Wildman–Crippen MR) is 64.5 cm³/mol. The molecule has 1 aromatic carbocycles. The lowest BCUT2D eigenvalue weighted by Crippen LogP contribution is -2.40. The standard InChI is InChI=1S/C13H19F2NO/c1-9-5-6-11(17-4)10(7-9)13(14,15)12(2,3)8-16/h5-7H,8,16H2,1-4H3. The summed E-state index contributed by atoms with van der Waals surface area (Å²) in [6.07, 6.45) is 0. The number of hydrogen-bond acceptors (Lipinski definition) is 2. The topological polar surface area (TPSA) is 35.2 Å². The molecule has 0 radical (unpaired) electrons. The number of halogens is 2. The van der Waals surface area contributed by atoms with Crippen LogP contribution in [0.3, 0.4) is 0 Å². The molecular weight excluding hydrogens is 224 g/mol. The lowest BCUT2D eigenvalue weighted by atomic mass is 9.81. The van der Waals surface area contributed by atoms with E-state index in [1.54, 1.807) is 19.1 Å². The van der Waals surface area contributed by atoms with Crippen LogP contribution < -0.4 is 10.5 Å². The maximum absolute atomic E-state index is 14.4. The molecule has 0 unspecified atom stereocenters. The highest BCUT2D eigenvalue weighted by atomic mass is 19.3. The van der Waals surface area contributed by atoms with E-state index in [4.69, 9.17) is 10.5 Å². The number of benzene rings is 1. The zero-order valence-electron chi connectivity index (χ0n) is 10.7. The van der Waals surface area contributed by atoms with Crippen molar-refractivity contribution in [3.05, 3.63) is 29.3 Å². The molecule has 0 saturated carbocycles. The van der Waals surface area contributed by atoms with E-state index < -0.39 is 11.3 Å². The predicted octanol–water partition coefficient (Wildman–Crippen LogP) is 3.08. The van der Waals surface area contributed by atoms with Crippen molar-refractivity contribution in [2.24, 2.45) is 11.1 Å². The number of methoxy groups -OCH3 is 1.